The molecule has 0 saturated heterocycles. The number of carbonyl (C=O) groups is 2. The molecule has 1 aliphatic rings. The van der Waals surface area contributed by atoms with Crippen LogP contribution < -0.4 is 5.32 Å². The lowest BCUT2D eigenvalue weighted by Gasteiger charge is -2.42. The maximum Gasteiger partial charge on any atom is 0.416 e. The second-order valence-corrected chi connectivity index (χ2v) is 11.2. The third-order valence-electron chi connectivity index (χ3n) is 7.37. The average molecular weight is 548 g/mol. The number of ketones is 1. The van der Waals surface area contributed by atoms with E-state index in [1.54, 1.807) is 6.07 Å². The first kappa shape index (κ1) is 28.4. The monoisotopic (exact) mass is 547 g/mol. The normalized spacial score (nSPS) is 16.4. The van der Waals surface area contributed by atoms with Crippen molar-refractivity contribution in [1.82, 2.24) is 0 Å². The third-order valence-corrected chi connectivity index (χ3v) is 7.37. The van der Waals surface area contributed by atoms with Crippen molar-refractivity contribution in [1.29, 1.82) is 0 Å². The van der Waals surface area contributed by atoms with Crippen LogP contribution in [0.25, 0.3) is 0 Å². The molecule has 1 amide bonds. The zero-order valence-electron chi connectivity index (χ0n) is 21.8. The number of rotatable bonds is 4. The van der Waals surface area contributed by atoms with Crippen molar-refractivity contribution in [2.75, 3.05) is 5.32 Å². The van der Waals surface area contributed by atoms with E-state index in [1.807, 2.05) is 12.1 Å². The maximum atomic E-state index is 13.2. The van der Waals surface area contributed by atoms with Crippen LogP contribution in [0.15, 0.2) is 60.7 Å². The van der Waals surface area contributed by atoms with E-state index in [4.69, 9.17) is 0 Å². The number of alkyl halides is 6. The Morgan fingerprint density at radius 2 is 1.10 bits per heavy atom. The quantitative estimate of drug-likeness (QED) is 0.263. The van der Waals surface area contributed by atoms with E-state index >= 15 is 0 Å². The molecule has 39 heavy (non-hydrogen) atoms. The van der Waals surface area contributed by atoms with Crippen LogP contribution >= 0.6 is 0 Å². The Hall–Kier alpha value is -3.62. The minimum absolute atomic E-state index is 0.0120. The number of amides is 1. The highest BCUT2D eigenvalue weighted by Crippen LogP contribution is 2.46. The van der Waals surface area contributed by atoms with Crippen molar-refractivity contribution < 1.29 is 35.9 Å². The Morgan fingerprint density at radius 1 is 0.641 bits per heavy atom. The summed E-state index contributed by atoms with van der Waals surface area (Å²) in [7, 11) is 0. The number of halogens is 6. The number of carbonyl (C=O) groups excluding carboxylic acids is 2. The van der Waals surface area contributed by atoms with Crippen LogP contribution in [-0.2, 0) is 23.2 Å². The fraction of sp³-hybridized carbons (Fsp3) is 0.333. The molecule has 3 nitrogen and oxygen atoms in total. The smallest absolute Gasteiger partial charge is 0.322 e. The molecule has 4 rings (SSSR count). The van der Waals surface area contributed by atoms with Gasteiger partial charge in [-0.3, -0.25) is 9.59 Å². The molecule has 3 aromatic carbocycles. The highest BCUT2D eigenvalue weighted by Gasteiger charge is 2.38. The number of hydrogen-bond acceptors (Lipinski definition) is 2. The number of anilines is 1. The summed E-state index contributed by atoms with van der Waals surface area (Å²) in [5.41, 5.74) is -0.785. The largest absolute Gasteiger partial charge is 0.416 e. The Kier molecular flexibility index (Phi) is 6.94. The summed E-state index contributed by atoms with van der Waals surface area (Å²) in [6.45, 7) is 8.64. The van der Waals surface area contributed by atoms with Gasteiger partial charge < -0.3 is 5.32 Å². The van der Waals surface area contributed by atoms with Crippen LogP contribution in [0.1, 0.15) is 89.1 Å². The predicted molar refractivity (Wildman–Crippen MR) is 136 cm³/mol. The predicted octanol–water partition coefficient (Wildman–Crippen LogP) is 8.56. The molecule has 0 spiro atoms. The molecular formula is C30H27F6NO2. The van der Waals surface area contributed by atoms with E-state index < -0.39 is 35.1 Å². The molecular weight excluding hydrogens is 520 g/mol. The van der Waals surface area contributed by atoms with Crippen molar-refractivity contribution in [3.63, 3.8) is 0 Å². The van der Waals surface area contributed by atoms with E-state index in [0.717, 1.165) is 18.4 Å². The zero-order chi connectivity index (χ0) is 29.0. The SMILES string of the molecule is CC1(C)CCC(C)(C)c2cc(C(=O)c3ccc(C(=O)Nc4cc(C(F)(F)F)cc(C(F)(F)F)c4)cc3)ccc21. The van der Waals surface area contributed by atoms with E-state index in [2.05, 4.69) is 33.0 Å². The lowest BCUT2D eigenvalue weighted by Crippen LogP contribution is -2.34. The summed E-state index contributed by atoms with van der Waals surface area (Å²) in [6, 6.07) is 11.9. The third kappa shape index (κ3) is 5.87. The molecule has 9 heteroatoms. The van der Waals surface area contributed by atoms with E-state index in [9.17, 15) is 35.9 Å². The summed E-state index contributed by atoms with van der Waals surface area (Å²) in [5, 5.41) is 2.09. The molecule has 3 aromatic rings. The van der Waals surface area contributed by atoms with Gasteiger partial charge in [0.1, 0.15) is 0 Å². The highest BCUT2D eigenvalue weighted by atomic mass is 19.4. The van der Waals surface area contributed by atoms with Crippen molar-refractivity contribution >= 4 is 17.4 Å². The van der Waals surface area contributed by atoms with Crippen molar-refractivity contribution in [3.8, 4) is 0 Å². The standard InChI is InChI=1S/C30H27F6NO2/c1-27(2)11-12-28(3,4)24-13-19(9-10-23(24)27)25(38)17-5-7-18(8-6-17)26(39)37-22-15-20(29(31,32)33)14-21(16-22)30(34,35)36/h5-10,13-16H,11-12H2,1-4H3,(H,37,39). The molecule has 0 atom stereocenters. The van der Waals surface area contributed by atoms with Gasteiger partial charge in [-0.1, -0.05) is 52.0 Å². The number of nitrogens with one attached hydrogen (secondary N) is 1. The van der Waals surface area contributed by atoms with Crippen molar-refractivity contribution in [3.05, 3.63) is 99.6 Å². The Labute approximate surface area is 222 Å². The van der Waals surface area contributed by atoms with Gasteiger partial charge in [0.25, 0.3) is 5.91 Å². The van der Waals surface area contributed by atoms with Crippen LogP contribution in [0.5, 0.6) is 0 Å². The van der Waals surface area contributed by atoms with E-state index in [-0.39, 0.29) is 33.8 Å². The lowest BCUT2D eigenvalue weighted by atomic mass is 9.63. The topological polar surface area (TPSA) is 46.2 Å². The second-order valence-electron chi connectivity index (χ2n) is 11.2. The fourth-order valence-corrected chi connectivity index (χ4v) is 4.90. The molecule has 0 unspecified atom stereocenters. The second kappa shape index (κ2) is 9.54. The van der Waals surface area contributed by atoms with Crippen molar-refractivity contribution in [2.45, 2.75) is 63.7 Å². The molecule has 0 aromatic heterocycles. The minimum atomic E-state index is -5.04. The first-order valence-corrected chi connectivity index (χ1v) is 12.3. The molecule has 0 saturated carbocycles. The first-order valence-electron chi connectivity index (χ1n) is 12.3. The molecule has 0 bridgehead atoms. The summed E-state index contributed by atoms with van der Waals surface area (Å²) in [4.78, 5) is 25.8. The lowest BCUT2D eigenvalue weighted by molar-refractivity contribution is -0.143. The Morgan fingerprint density at radius 3 is 1.62 bits per heavy atom. The van der Waals surface area contributed by atoms with E-state index in [1.165, 1.54) is 29.8 Å². The van der Waals surface area contributed by atoms with Gasteiger partial charge in [-0.2, -0.15) is 26.3 Å². The van der Waals surface area contributed by atoms with Crippen LogP contribution in [-0.4, -0.2) is 11.7 Å². The number of fused-ring (bicyclic) bond motifs is 1. The molecule has 206 valence electrons. The molecule has 1 aliphatic carbocycles. The fourth-order valence-electron chi connectivity index (χ4n) is 4.90. The summed E-state index contributed by atoms with van der Waals surface area (Å²) < 4.78 is 78.7. The summed E-state index contributed by atoms with van der Waals surface area (Å²) in [5.74, 6) is -1.18. The van der Waals surface area contributed by atoms with Crippen LogP contribution in [0.4, 0.5) is 32.0 Å². The van der Waals surface area contributed by atoms with Gasteiger partial charge in [-0.05, 0) is 71.2 Å². The van der Waals surface area contributed by atoms with Gasteiger partial charge >= 0.3 is 12.4 Å². The average Bonchev–Trinajstić information content (AvgIpc) is 2.85. The Bertz CT molecular complexity index is 1400. The summed E-state index contributed by atoms with van der Waals surface area (Å²) >= 11 is 0. The zero-order valence-corrected chi connectivity index (χ0v) is 21.8. The highest BCUT2D eigenvalue weighted by molar-refractivity contribution is 6.10. The molecule has 0 fully saturated rings. The molecule has 1 N–H and O–H groups in total. The van der Waals surface area contributed by atoms with Gasteiger partial charge in [-0.25, -0.2) is 0 Å². The minimum Gasteiger partial charge on any atom is -0.322 e. The van der Waals surface area contributed by atoms with Crippen LogP contribution in [0.2, 0.25) is 0 Å². The number of hydrogen-bond donors (Lipinski definition) is 1. The molecule has 0 heterocycles. The molecule has 0 aliphatic heterocycles. The van der Waals surface area contributed by atoms with Crippen LogP contribution in [0.3, 0.4) is 0 Å². The first-order chi connectivity index (χ1) is 17.9. The van der Waals surface area contributed by atoms with Crippen LogP contribution in [0, 0.1) is 0 Å². The summed E-state index contributed by atoms with van der Waals surface area (Å²) in [6.07, 6.45) is -8.07. The van der Waals surface area contributed by atoms with Crippen molar-refractivity contribution in [2.24, 2.45) is 0 Å². The number of benzene rings is 3. The molecule has 0 radical (unpaired) electrons. The van der Waals surface area contributed by atoms with Gasteiger partial charge in [0.2, 0.25) is 0 Å². The van der Waals surface area contributed by atoms with Gasteiger partial charge in [0, 0.05) is 22.4 Å². The maximum absolute atomic E-state index is 13.2. The van der Waals surface area contributed by atoms with E-state index in [0.29, 0.717) is 17.7 Å². The Balaban J connectivity index is 1.57. The van der Waals surface area contributed by atoms with Gasteiger partial charge in [0.05, 0.1) is 11.1 Å². The van der Waals surface area contributed by atoms with Gasteiger partial charge in [-0.15, -0.1) is 0 Å². The van der Waals surface area contributed by atoms with Gasteiger partial charge in [0.15, 0.2) is 5.78 Å².